The molecule has 1 N–H and O–H groups in total. The van der Waals surface area contributed by atoms with Gasteiger partial charge in [0, 0.05) is 16.1 Å². The van der Waals surface area contributed by atoms with Crippen molar-refractivity contribution in [3.05, 3.63) is 63.6 Å². The monoisotopic (exact) mass is 387 g/mol. The second-order valence-corrected chi connectivity index (χ2v) is 7.13. The van der Waals surface area contributed by atoms with Crippen LogP contribution in [0.5, 0.6) is 5.75 Å². The van der Waals surface area contributed by atoms with Gasteiger partial charge in [0.15, 0.2) is 0 Å². The van der Waals surface area contributed by atoms with Crippen LogP contribution in [0, 0.1) is 6.92 Å². The first-order valence-electron chi connectivity index (χ1n) is 8.42. The number of ether oxygens (including phenoxy) is 1. The van der Waals surface area contributed by atoms with Crippen LogP contribution in [-0.4, -0.2) is 11.9 Å². The van der Waals surface area contributed by atoms with E-state index in [2.05, 4.69) is 21.2 Å². The summed E-state index contributed by atoms with van der Waals surface area (Å²) >= 11 is 3.51. The average Bonchev–Trinajstić information content (AvgIpc) is 3.08. The van der Waals surface area contributed by atoms with Crippen LogP contribution in [0.15, 0.2) is 46.9 Å². The first-order valence-corrected chi connectivity index (χ1v) is 9.21. The minimum atomic E-state index is -0.0172. The molecule has 0 atom stereocenters. The van der Waals surface area contributed by atoms with Gasteiger partial charge in [-0.3, -0.25) is 4.79 Å². The van der Waals surface area contributed by atoms with Crippen LogP contribution in [-0.2, 0) is 6.61 Å². The summed E-state index contributed by atoms with van der Waals surface area (Å²) in [4.78, 5) is 12.7. The molecule has 2 aromatic carbocycles. The highest BCUT2D eigenvalue weighted by Gasteiger charge is 2.22. The van der Waals surface area contributed by atoms with Crippen molar-refractivity contribution in [2.24, 2.45) is 0 Å². The average molecular weight is 388 g/mol. The summed E-state index contributed by atoms with van der Waals surface area (Å²) in [5.41, 5.74) is 2.65. The third-order valence-electron chi connectivity index (χ3n) is 4.52. The van der Waals surface area contributed by atoms with Gasteiger partial charge in [-0.1, -0.05) is 43.2 Å². The molecular formula is C20H22BrNO2. The number of benzene rings is 2. The summed E-state index contributed by atoms with van der Waals surface area (Å²) in [7, 11) is 0. The lowest BCUT2D eigenvalue weighted by Crippen LogP contribution is -2.33. The fraction of sp³-hybridized carbons (Fsp3) is 0.350. The van der Waals surface area contributed by atoms with E-state index in [9.17, 15) is 4.79 Å². The SMILES string of the molecule is Cc1c(OCc2ccccc2)ccc(Br)c1C(=O)NC1CCCC1. The molecule has 3 nitrogen and oxygen atoms in total. The van der Waals surface area contributed by atoms with Crippen LogP contribution in [0.2, 0.25) is 0 Å². The Morgan fingerprint density at radius 3 is 2.58 bits per heavy atom. The normalized spacial score (nSPS) is 14.6. The first-order chi connectivity index (χ1) is 11.6. The lowest BCUT2D eigenvalue weighted by molar-refractivity contribution is 0.0936. The fourth-order valence-corrected chi connectivity index (χ4v) is 3.77. The van der Waals surface area contributed by atoms with Crippen LogP contribution in [0.4, 0.5) is 0 Å². The van der Waals surface area contributed by atoms with Gasteiger partial charge in [-0.2, -0.15) is 0 Å². The highest BCUT2D eigenvalue weighted by Crippen LogP contribution is 2.29. The van der Waals surface area contributed by atoms with Crippen LogP contribution >= 0.6 is 15.9 Å². The third-order valence-corrected chi connectivity index (χ3v) is 5.18. The Bertz CT molecular complexity index is 709. The van der Waals surface area contributed by atoms with Gasteiger partial charge < -0.3 is 10.1 Å². The van der Waals surface area contributed by atoms with Gasteiger partial charge in [0.1, 0.15) is 12.4 Å². The molecule has 2 aromatic rings. The zero-order valence-electron chi connectivity index (χ0n) is 13.8. The predicted molar refractivity (Wildman–Crippen MR) is 99.4 cm³/mol. The van der Waals surface area contributed by atoms with Crippen molar-refractivity contribution < 1.29 is 9.53 Å². The van der Waals surface area contributed by atoms with E-state index in [0.29, 0.717) is 18.2 Å². The molecule has 1 fully saturated rings. The summed E-state index contributed by atoms with van der Waals surface area (Å²) in [5.74, 6) is 0.732. The Hall–Kier alpha value is -1.81. The largest absolute Gasteiger partial charge is 0.489 e. The predicted octanol–water partition coefficient (Wildman–Crippen LogP) is 5.01. The van der Waals surface area contributed by atoms with E-state index in [1.54, 1.807) is 0 Å². The maximum Gasteiger partial charge on any atom is 0.253 e. The van der Waals surface area contributed by atoms with Gasteiger partial charge in [-0.15, -0.1) is 0 Å². The van der Waals surface area contributed by atoms with Crippen LogP contribution in [0.1, 0.15) is 47.2 Å². The van der Waals surface area contributed by atoms with E-state index in [-0.39, 0.29) is 5.91 Å². The Morgan fingerprint density at radius 2 is 1.88 bits per heavy atom. The molecule has 126 valence electrons. The smallest absolute Gasteiger partial charge is 0.253 e. The Kier molecular flexibility index (Phi) is 5.56. The van der Waals surface area contributed by atoms with Crippen molar-refractivity contribution in [3.63, 3.8) is 0 Å². The molecule has 1 aliphatic rings. The summed E-state index contributed by atoms with van der Waals surface area (Å²) < 4.78 is 6.75. The Balaban J connectivity index is 1.75. The van der Waals surface area contributed by atoms with Crippen molar-refractivity contribution in [3.8, 4) is 5.75 Å². The zero-order valence-corrected chi connectivity index (χ0v) is 15.4. The van der Waals surface area contributed by atoms with Crippen molar-refractivity contribution in [2.75, 3.05) is 0 Å². The summed E-state index contributed by atoms with van der Waals surface area (Å²) in [6.45, 7) is 2.43. The molecule has 3 rings (SSSR count). The van der Waals surface area contributed by atoms with Gasteiger partial charge in [0.2, 0.25) is 0 Å². The van der Waals surface area contributed by atoms with Crippen molar-refractivity contribution >= 4 is 21.8 Å². The summed E-state index contributed by atoms with van der Waals surface area (Å²) in [5, 5.41) is 3.15. The van der Waals surface area contributed by atoms with Crippen LogP contribution in [0.3, 0.4) is 0 Å². The molecule has 24 heavy (non-hydrogen) atoms. The van der Waals surface area contributed by atoms with Crippen LogP contribution < -0.4 is 10.1 Å². The molecule has 1 amide bonds. The van der Waals surface area contributed by atoms with Gasteiger partial charge in [-0.05, 0) is 53.4 Å². The van der Waals surface area contributed by atoms with E-state index in [4.69, 9.17) is 4.74 Å². The molecule has 0 bridgehead atoms. The molecule has 0 radical (unpaired) electrons. The molecule has 0 heterocycles. The molecule has 1 aliphatic carbocycles. The van der Waals surface area contributed by atoms with Crippen LogP contribution in [0.25, 0.3) is 0 Å². The third kappa shape index (κ3) is 3.99. The minimum absolute atomic E-state index is 0.0172. The highest BCUT2D eigenvalue weighted by atomic mass is 79.9. The Morgan fingerprint density at radius 1 is 1.17 bits per heavy atom. The number of hydrogen-bond donors (Lipinski definition) is 1. The molecule has 0 spiro atoms. The maximum atomic E-state index is 12.7. The number of carbonyl (C=O) groups excluding carboxylic acids is 1. The standard InChI is InChI=1S/C20H22BrNO2/c1-14-18(24-13-15-7-3-2-4-8-15)12-11-17(21)19(14)20(23)22-16-9-5-6-10-16/h2-4,7-8,11-12,16H,5-6,9-10,13H2,1H3,(H,22,23). The highest BCUT2D eigenvalue weighted by molar-refractivity contribution is 9.10. The van der Waals surface area contributed by atoms with Gasteiger partial charge in [-0.25, -0.2) is 0 Å². The number of hydrogen-bond acceptors (Lipinski definition) is 2. The Labute approximate surface area is 151 Å². The van der Waals surface area contributed by atoms with Gasteiger partial charge in [0.05, 0.1) is 5.56 Å². The van der Waals surface area contributed by atoms with Crippen molar-refractivity contribution in [1.82, 2.24) is 5.32 Å². The minimum Gasteiger partial charge on any atom is -0.489 e. The number of nitrogens with one attached hydrogen (secondary N) is 1. The lowest BCUT2D eigenvalue weighted by Gasteiger charge is -2.17. The van der Waals surface area contributed by atoms with E-state index in [1.807, 2.05) is 49.4 Å². The first kappa shape index (κ1) is 17.0. The number of rotatable bonds is 5. The fourth-order valence-electron chi connectivity index (χ4n) is 3.16. The summed E-state index contributed by atoms with van der Waals surface area (Å²) in [6, 6.07) is 14.1. The molecule has 0 saturated heterocycles. The number of halogens is 1. The molecule has 4 heteroatoms. The molecule has 0 aromatic heterocycles. The topological polar surface area (TPSA) is 38.3 Å². The number of amides is 1. The molecule has 0 aliphatic heterocycles. The van der Waals surface area contributed by atoms with E-state index in [0.717, 1.165) is 34.2 Å². The molecular weight excluding hydrogens is 366 g/mol. The van der Waals surface area contributed by atoms with Gasteiger partial charge in [0.25, 0.3) is 5.91 Å². The second-order valence-electron chi connectivity index (χ2n) is 6.27. The lowest BCUT2D eigenvalue weighted by atomic mass is 10.1. The number of carbonyl (C=O) groups is 1. The summed E-state index contributed by atoms with van der Waals surface area (Å²) in [6.07, 6.45) is 4.55. The van der Waals surface area contributed by atoms with E-state index < -0.39 is 0 Å². The maximum absolute atomic E-state index is 12.7. The van der Waals surface area contributed by atoms with Gasteiger partial charge >= 0.3 is 0 Å². The molecule has 1 saturated carbocycles. The zero-order chi connectivity index (χ0) is 16.9. The van der Waals surface area contributed by atoms with Crippen molar-refractivity contribution in [2.45, 2.75) is 45.3 Å². The quantitative estimate of drug-likeness (QED) is 0.782. The second kappa shape index (κ2) is 7.84. The molecule has 0 unspecified atom stereocenters. The van der Waals surface area contributed by atoms with E-state index >= 15 is 0 Å². The van der Waals surface area contributed by atoms with Crippen molar-refractivity contribution in [1.29, 1.82) is 0 Å². The van der Waals surface area contributed by atoms with E-state index in [1.165, 1.54) is 12.8 Å².